The zero-order valence-corrected chi connectivity index (χ0v) is 8.98. The summed E-state index contributed by atoms with van der Waals surface area (Å²) < 4.78 is 0. The van der Waals surface area contributed by atoms with Crippen molar-refractivity contribution in [3.63, 3.8) is 0 Å². The van der Waals surface area contributed by atoms with E-state index >= 15 is 0 Å². The van der Waals surface area contributed by atoms with E-state index in [2.05, 4.69) is 21.9 Å². The molecule has 0 saturated carbocycles. The minimum atomic E-state index is 0.433. The van der Waals surface area contributed by atoms with Crippen molar-refractivity contribution in [3.8, 4) is 0 Å². The highest BCUT2D eigenvalue weighted by molar-refractivity contribution is 5.79. The molecule has 4 heteroatoms. The van der Waals surface area contributed by atoms with E-state index in [1.165, 1.54) is 0 Å². The van der Waals surface area contributed by atoms with E-state index in [-0.39, 0.29) is 0 Å². The van der Waals surface area contributed by atoms with Gasteiger partial charge in [0.15, 0.2) is 11.6 Å². The van der Waals surface area contributed by atoms with Crippen LogP contribution in [0.1, 0.15) is 6.42 Å². The summed E-state index contributed by atoms with van der Waals surface area (Å²) in [5.74, 6) is 1.07. The molecule has 0 bridgehead atoms. The molecule has 0 radical (unpaired) electrons. The molecule has 0 atom stereocenters. The van der Waals surface area contributed by atoms with Crippen LogP contribution in [-0.4, -0.2) is 16.5 Å². The normalized spacial score (nSPS) is 10.2. The van der Waals surface area contributed by atoms with Gasteiger partial charge in [-0.3, -0.25) is 0 Å². The van der Waals surface area contributed by atoms with Crippen molar-refractivity contribution in [1.29, 1.82) is 0 Å². The standard InChI is InChI=1S/C12H14N4/c1-2-3-8-14-12-11(13)15-9-6-4-5-7-10(9)16-12/h2,4-7H,1,3,8H2,(H2,13,15)(H,14,16). The molecule has 1 aromatic carbocycles. The molecule has 0 fully saturated rings. The number of para-hydroxylation sites is 2. The average Bonchev–Trinajstić information content (AvgIpc) is 2.30. The first-order chi connectivity index (χ1) is 7.81. The van der Waals surface area contributed by atoms with Gasteiger partial charge in [0.05, 0.1) is 11.0 Å². The van der Waals surface area contributed by atoms with Crippen LogP contribution in [0.25, 0.3) is 11.0 Å². The zero-order chi connectivity index (χ0) is 11.4. The van der Waals surface area contributed by atoms with Gasteiger partial charge in [-0.25, -0.2) is 9.97 Å². The number of anilines is 2. The molecule has 0 amide bonds. The third-order valence-electron chi connectivity index (χ3n) is 2.24. The summed E-state index contributed by atoms with van der Waals surface area (Å²) >= 11 is 0. The number of nitrogen functional groups attached to an aromatic ring is 1. The Balaban J connectivity index is 2.30. The Bertz CT molecular complexity index is 507. The highest BCUT2D eigenvalue weighted by atomic mass is 15.1. The highest BCUT2D eigenvalue weighted by Gasteiger charge is 2.03. The minimum absolute atomic E-state index is 0.433. The van der Waals surface area contributed by atoms with Crippen LogP contribution >= 0.6 is 0 Å². The highest BCUT2D eigenvalue weighted by Crippen LogP contribution is 2.17. The lowest BCUT2D eigenvalue weighted by Gasteiger charge is -2.07. The maximum Gasteiger partial charge on any atom is 0.169 e. The van der Waals surface area contributed by atoms with Crippen LogP contribution in [0.15, 0.2) is 36.9 Å². The van der Waals surface area contributed by atoms with E-state index in [1.807, 2.05) is 30.3 Å². The molecule has 1 aromatic heterocycles. The van der Waals surface area contributed by atoms with Gasteiger partial charge in [-0.2, -0.15) is 0 Å². The van der Waals surface area contributed by atoms with Gasteiger partial charge in [0.1, 0.15) is 0 Å². The smallest absolute Gasteiger partial charge is 0.169 e. The SMILES string of the molecule is C=CCCNc1nc2ccccc2nc1N. The van der Waals surface area contributed by atoms with Crippen molar-refractivity contribution >= 4 is 22.7 Å². The molecular weight excluding hydrogens is 200 g/mol. The lowest BCUT2D eigenvalue weighted by Crippen LogP contribution is -2.07. The topological polar surface area (TPSA) is 63.8 Å². The van der Waals surface area contributed by atoms with Gasteiger partial charge >= 0.3 is 0 Å². The number of rotatable bonds is 4. The van der Waals surface area contributed by atoms with Crippen LogP contribution in [0.4, 0.5) is 11.6 Å². The Kier molecular flexibility index (Phi) is 3.00. The quantitative estimate of drug-likeness (QED) is 0.605. The van der Waals surface area contributed by atoms with E-state index in [9.17, 15) is 0 Å². The summed E-state index contributed by atoms with van der Waals surface area (Å²) in [6.07, 6.45) is 2.71. The second-order valence-electron chi connectivity index (χ2n) is 3.45. The fourth-order valence-electron chi connectivity index (χ4n) is 1.44. The average molecular weight is 214 g/mol. The molecule has 0 aliphatic carbocycles. The van der Waals surface area contributed by atoms with Crippen molar-refractivity contribution < 1.29 is 0 Å². The van der Waals surface area contributed by atoms with Gasteiger partial charge in [0, 0.05) is 6.54 Å². The molecule has 16 heavy (non-hydrogen) atoms. The largest absolute Gasteiger partial charge is 0.381 e. The lowest BCUT2D eigenvalue weighted by molar-refractivity contribution is 1.05. The molecule has 0 aliphatic heterocycles. The predicted molar refractivity (Wildman–Crippen MR) is 67.3 cm³/mol. The third-order valence-corrected chi connectivity index (χ3v) is 2.24. The van der Waals surface area contributed by atoms with Crippen LogP contribution in [0, 0.1) is 0 Å². The van der Waals surface area contributed by atoms with Gasteiger partial charge in [-0.1, -0.05) is 18.2 Å². The van der Waals surface area contributed by atoms with E-state index in [4.69, 9.17) is 5.73 Å². The first-order valence-electron chi connectivity index (χ1n) is 5.18. The van der Waals surface area contributed by atoms with Gasteiger partial charge in [0.2, 0.25) is 0 Å². The molecular formula is C12H14N4. The second kappa shape index (κ2) is 4.61. The van der Waals surface area contributed by atoms with Crippen molar-refractivity contribution in [2.45, 2.75) is 6.42 Å². The Morgan fingerprint density at radius 2 is 1.94 bits per heavy atom. The Hall–Kier alpha value is -2.10. The van der Waals surface area contributed by atoms with Crippen LogP contribution in [0.2, 0.25) is 0 Å². The predicted octanol–water partition coefficient (Wildman–Crippen LogP) is 2.20. The van der Waals surface area contributed by atoms with Crippen LogP contribution in [0.3, 0.4) is 0 Å². The molecule has 82 valence electrons. The monoisotopic (exact) mass is 214 g/mol. The number of hydrogen-bond donors (Lipinski definition) is 2. The molecule has 3 N–H and O–H groups in total. The van der Waals surface area contributed by atoms with Gasteiger partial charge in [0.25, 0.3) is 0 Å². The number of fused-ring (bicyclic) bond motifs is 1. The second-order valence-corrected chi connectivity index (χ2v) is 3.45. The first kappa shape index (κ1) is 10.4. The number of hydrogen-bond acceptors (Lipinski definition) is 4. The molecule has 0 spiro atoms. The van der Waals surface area contributed by atoms with Gasteiger partial charge in [-0.15, -0.1) is 6.58 Å². The summed E-state index contributed by atoms with van der Waals surface area (Å²) in [5.41, 5.74) is 7.47. The zero-order valence-electron chi connectivity index (χ0n) is 8.98. The fourth-order valence-corrected chi connectivity index (χ4v) is 1.44. The Morgan fingerprint density at radius 3 is 2.62 bits per heavy atom. The molecule has 0 aliphatic rings. The van der Waals surface area contributed by atoms with E-state index in [0.29, 0.717) is 11.6 Å². The van der Waals surface area contributed by atoms with Crippen LogP contribution in [0.5, 0.6) is 0 Å². The molecule has 0 unspecified atom stereocenters. The van der Waals surface area contributed by atoms with Gasteiger partial charge in [-0.05, 0) is 18.6 Å². The first-order valence-corrected chi connectivity index (χ1v) is 5.18. The maximum atomic E-state index is 5.81. The summed E-state index contributed by atoms with van der Waals surface area (Å²) in [4.78, 5) is 8.69. The third kappa shape index (κ3) is 2.11. The summed E-state index contributed by atoms with van der Waals surface area (Å²) in [5, 5.41) is 3.14. The van der Waals surface area contributed by atoms with Crippen molar-refractivity contribution in [2.75, 3.05) is 17.6 Å². The van der Waals surface area contributed by atoms with E-state index < -0.39 is 0 Å². The number of nitrogens with two attached hydrogens (primary N) is 1. The Morgan fingerprint density at radius 1 is 1.25 bits per heavy atom. The summed E-state index contributed by atoms with van der Waals surface area (Å²) in [6, 6.07) is 7.66. The maximum absolute atomic E-state index is 5.81. The van der Waals surface area contributed by atoms with Crippen LogP contribution < -0.4 is 11.1 Å². The molecule has 1 heterocycles. The van der Waals surface area contributed by atoms with Crippen molar-refractivity contribution in [3.05, 3.63) is 36.9 Å². The minimum Gasteiger partial charge on any atom is -0.381 e. The molecule has 2 aromatic rings. The number of aromatic nitrogens is 2. The van der Waals surface area contributed by atoms with Crippen molar-refractivity contribution in [1.82, 2.24) is 9.97 Å². The summed E-state index contributed by atoms with van der Waals surface area (Å²) in [6.45, 7) is 4.42. The number of nitrogens with one attached hydrogen (secondary N) is 1. The number of benzene rings is 1. The summed E-state index contributed by atoms with van der Waals surface area (Å²) in [7, 11) is 0. The van der Waals surface area contributed by atoms with Crippen molar-refractivity contribution in [2.24, 2.45) is 0 Å². The number of nitrogens with zero attached hydrogens (tertiary/aromatic N) is 2. The van der Waals surface area contributed by atoms with E-state index in [1.54, 1.807) is 0 Å². The van der Waals surface area contributed by atoms with Crippen LogP contribution in [-0.2, 0) is 0 Å². The fraction of sp³-hybridized carbons (Fsp3) is 0.167. The molecule has 2 rings (SSSR count). The Labute approximate surface area is 94.2 Å². The molecule has 0 saturated heterocycles. The van der Waals surface area contributed by atoms with E-state index in [0.717, 1.165) is 24.0 Å². The molecule has 4 nitrogen and oxygen atoms in total. The van der Waals surface area contributed by atoms with Gasteiger partial charge < -0.3 is 11.1 Å². The lowest BCUT2D eigenvalue weighted by atomic mass is 10.3.